The number of aromatic carboxylic acids is 1. The zero-order chi connectivity index (χ0) is 13.5. The predicted octanol–water partition coefficient (Wildman–Crippen LogP) is 2.44. The van der Waals surface area contributed by atoms with Crippen molar-refractivity contribution >= 4 is 11.9 Å². The van der Waals surface area contributed by atoms with E-state index >= 15 is 0 Å². The lowest BCUT2D eigenvalue weighted by Gasteiger charge is -2.07. The van der Waals surface area contributed by atoms with Crippen LogP contribution in [-0.2, 0) is 11.3 Å². The van der Waals surface area contributed by atoms with Crippen LogP contribution in [0.25, 0.3) is 0 Å². The standard InChI is InChI=1S/C14H19NO3/c1-10(2)3-8-13(16)15-9-11-4-6-12(7-5-11)14(17)18/h4-7,10H,3,8-9H2,1-2H3,(H,15,16)(H,17,18). The van der Waals surface area contributed by atoms with Gasteiger partial charge in [-0.3, -0.25) is 4.79 Å². The molecule has 0 aromatic heterocycles. The van der Waals surface area contributed by atoms with Crippen LogP contribution in [0.5, 0.6) is 0 Å². The van der Waals surface area contributed by atoms with Crippen molar-refractivity contribution in [3.05, 3.63) is 35.4 Å². The van der Waals surface area contributed by atoms with Crippen molar-refractivity contribution in [1.82, 2.24) is 5.32 Å². The van der Waals surface area contributed by atoms with Gasteiger partial charge >= 0.3 is 5.97 Å². The molecule has 0 saturated heterocycles. The third kappa shape index (κ3) is 4.99. The first kappa shape index (κ1) is 14.2. The number of benzene rings is 1. The summed E-state index contributed by atoms with van der Waals surface area (Å²) >= 11 is 0. The SMILES string of the molecule is CC(C)CCC(=O)NCc1ccc(C(=O)O)cc1. The van der Waals surface area contributed by atoms with E-state index in [1.165, 1.54) is 12.1 Å². The van der Waals surface area contributed by atoms with E-state index in [0.29, 0.717) is 18.9 Å². The van der Waals surface area contributed by atoms with Crippen LogP contribution in [0.3, 0.4) is 0 Å². The molecule has 0 aliphatic carbocycles. The molecule has 0 radical (unpaired) electrons. The minimum atomic E-state index is -0.942. The number of nitrogens with one attached hydrogen (secondary N) is 1. The van der Waals surface area contributed by atoms with E-state index in [1.54, 1.807) is 12.1 Å². The van der Waals surface area contributed by atoms with E-state index in [1.807, 2.05) is 0 Å². The van der Waals surface area contributed by atoms with Gasteiger partial charge in [0.15, 0.2) is 0 Å². The van der Waals surface area contributed by atoms with Crippen molar-refractivity contribution in [2.45, 2.75) is 33.2 Å². The van der Waals surface area contributed by atoms with E-state index < -0.39 is 5.97 Å². The molecule has 0 aliphatic rings. The molecular weight excluding hydrogens is 230 g/mol. The van der Waals surface area contributed by atoms with E-state index in [4.69, 9.17) is 5.11 Å². The molecule has 0 spiro atoms. The third-order valence-electron chi connectivity index (χ3n) is 2.64. The summed E-state index contributed by atoms with van der Waals surface area (Å²) in [6.45, 7) is 4.60. The topological polar surface area (TPSA) is 66.4 Å². The summed E-state index contributed by atoms with van der Waals surface area (Å²) in [6, 6.07) is 6.51. The largest absolute Gasteiger partial charge is 0.478 e. The molecule has 0 saturated carbocycles. The molecule has 4 nitrogen and oxygen atoms in total. The van der Waals surface area contributed by atoms with Crippen molar-refractivity contribution in [2.75, 3.05) is 0 Å². The fourth-order valence-corrected chi connectivity index (χ4v) is 1.47. The molecular formula is C14H19NO3. The van der Waals surface area contributed by atoms with Gasteiger partial charge in [0.1, 0.15) is 0 Å². The molecule has 1 aromatic carbocycles. The average molecular weight is 249 g/mol. The van der Waals surface area contributed by atoms with Crippen molar-refractivity contribution < 1.29 is 14.7 Å². The zero-order valence-corrected chi connectivity index (χ0v) is 10.8. The monoisotopic (exact) mass is 249 g/mol. The molecule has 1 amide bonds. The van der Waals surface area contributed by atoms with Crippen LogP contribution < -0.4 is 5.32 Å². The van der Waals surface area contributed by atoms with Gasteiger partial charge in [-0.05, 0) is 30.0 Å². The van der Waals surface area contributed by atoms with Crippen molar-refractivity contribution in [3.63, 3.8) is 0 Å². The van der Waals surface area contributed by atoms with Crippen LogP contribution in [0.4, 0.5) is 0 Å². The third-order valence-corrected chi connectivity index (χ3v) is 2.64. The number of carbonyl (C=O) groups is 2. The maximum Gasteiger partial charge on any atom is 0.335 e. The summed E-state index contributed by atoms with van der Waals surface area (Å²) in [5, 5.41) is 11.6. The van der Waals surface area contributed by atoms with Crippen molar-refractivity contribution in [1.29, 1.82) is 0 Å². The molecule has 18 heavy (non-hydrogen) atoms. The van der Waals surface area contributed by atoms with Crippen LogP contribution in [0.15, 0.2) is 24.3 Å². The summed E-state index contributed by atoms with van der Waals surface area (Å²) in [5.74, 6) is -0.390. The van der Waals surface area contributed by atoms with E-state index in [0.717, 1.165) is 12.0 Å². The fourth-order valence-electron chi connectivity index (χ4n) is 1.47. The lowest BCUT2D eigenvalue weighted by molar-refractivity contribution is -0.121. The van der Waals surface area contributed by atoms with Crippen LogP contribution in [0, 0.1) is 5.92 Å². The molecule has 0 atom stereocenters. The Hall–Kier alpha value is -1.84. The van der Waals surface area contributed by atoms with Gasteiger partial charge in [-0.15, -0.1) is 0 Å². The van der Waals surface area contributed by atoms with Gasteiger partial charge in [-0.25, -0.2) is 4.79 Å². The molecule has 1 rings (SSSR count). The highest BCUT2D eigenvalue weighted by Crippen LogP contribution is 2.06. The second kappa shape index (κ2) is 6.79. The van der Waals surface area contributed by atoms with Gasteiger partial charge in [0.25, 0.3) is 0 Å². The van der Waals surface area contributed by atoms with Crippen LogP contribution in [0.2, 0.25) is 0 Å². The molecule has 2 N–H and O–H groups in total. The van der Waals surface area contributed by atoms with Crippen molar-refractivity contribution in [2.24, 2.45) is 5.92 Å². The van der Waals surface area contributed by atoms with Crippen molar-refractivity contribution in [3.8, 4) is 0 Å². The predicted molar refractivity (Wildman–Crippen MR) is 69.3 cm³/mol. The fraction of sp³-hybridized carbons (Fsp3) is 0.429. The first-order valence-electron chi connectivity index (χ1n) is 6.08. The number of rotatable bonds is 6. The smallest absolute Gasteiger partial charge is 0.335 e. The second-order valence-electron chi connectivity index (χ2n) is 4.71. The van der Waals surface area contributed by atoms with Gasteiger partial charge in [-0.2, -0.15) is 0 Å². The molecule has 0 heterocycles. The van der Waals surface area contributed by atoms with Crippen LogP contribution >= 0.6 is 0 Å². The number of hydrogen-bond donors (Lipinski definition) is 2. The van der Waals surface area contributed by atoms with Crippen LogP contribution in [0.1, 0.15) is 42.6 Å². The Morgan fingerprint density at radius 1 is 1.22 bits per heavy atom. The minimum absolute atomic E-state index is 0.0333. The first-order valence-corrected chi connectivity index (χ1v) is 6.08. The highest BCUT2D eigenvalue weighted by Gasteiger charge is 2.04. The Morgan fingerprint density at radius 3 is 2.33 bits per heavy atom. The Bertz CT molecular complexity index is 410. The number of amides is 1. The Balaban J connectivity index is 2.39. The molecule has 1 aromatic rings. The van der Waals surface area contributed by atoms with Gasteiger partial charge in [0.05, 0.1) is 5.56 Å². The summed E-state index contributed by atoms with van der Waals surface area (Å²) in [5.41, 5.74) is 1.16. The Morgan fingerprint density at radius 2 is 1.83 bits per heavy atom. The highest BCUT2D eigenvalue weighted by atomic mass is 16.4. The Kier molecular flexibility index (Phi) is 5.36. The quantitative estimate of drug-likeness (QED) is 0.813. The van der Waals surface area contributed by atoms with Gasteiger partial charge in [0.2, 0.25) is 5.91 Å². The minimum Gasteiger partial charge on any atom is -0.478 e. The summed E-state index contributed by atoms with van der Waals surface area (Å²) in [6.07, 6.45) is 1.41. The molecule has 0 fully saturated rings. The molecule has 0 bridgehead atoms. The molecule has 0 aliphatic heterocycles. The normalized spacial score (nSPS) is 10.4. The number of hydrogen-bond acceptors (Lipinski definition) is 2. The first-order chi connectivity index (χ1) is 8.49. The highest BCUT2D eigenvalue weighted by molar-refractivity contribution is 5.87. The lowest BCUT2D eigenvalue weighted by Crippen LogP contribution is -2.22. The number of carbonyl (C=O) groups excluding carboxylic acids is 1. The lowest BCUT2D eigenvalue weighted by atomic mass is 10.1. The second-order valence-corrected chi connectivity index (χ2v) is 4.71. The summed E-state index contributed by atoms with van der Waals surface area (Å²) in [7, 11) is 0. The maximum absolute atomic E-state index is 11.5. The zero-order valence-electron chi connectivity index (χ0n) is 10.8. The Labute approximate surface area is 107 Å². The number of carboxylic acid groups (broad SMARTS) is 1. The summed E-state index contributed by atoms with van der Waals surface area (Å²) < 4.78 is 0. The molecule has 98 valence electrons. The van der Waals surface area contributed by atoms with Gasteiger partial charge in [0, 0.05) is 13.0 Å². The van der Waals surface area contributed by atoms with E-state index in [-0.39, 0.29) is 11.5 Å². The summed E-state index contributed by atoms with van der Waals surface area (Å²) in [4.78, 5) is 22.1. The van der Waals surface area contributed by atoms with Gasteiger partial charge < -0.3 is 10.4 Å². The molecule has 0 unspecified atom stereocenters. The molecule has 4 heteroatoms. The maximum atomic E-state index is 11.5. The van der Waals surface area contributed by atoms with E-state index in [9.17, 15) is 9.59 Å². The number of carboxylic acids is 1. The van der Waals surface area contributed by atoms with E-state index in [2.05, 4.69) is 19.2 Å². The van der Waals surface area contributed by atoms with Gasteiger partial charge in [-0.1, -0.05) is 26.0 Å². The van der Waals surface area contributed by atoms with Crippen LogP contribution in [-0.4, -0.2) is 17.0 Å². The average Bonchev–Trinajstić information content (AvgIpc) is 2.34.